The van der Waals surface area contributed by atoms with Gasteiger partial charge in [-0.2, -0.15) is 10.2 Å². The van der Waals surface area contributed by atoms with Crippen LogP contribution in [0.1, 0.15) is 12.8 Å². The standard InChI is InChI=1S/C17H21N5O/c1(2-17-11-18-7-9-23-17)8-21-12-15(10-20-21)14-3-4-16-5-6-19-22(16)13-14/h3-6,10,12-13,17-18H,1-2,7-9,11H2. The number of hydrogen-bond donors (Lipinski definition) is 1. The van der Waals surface area contributed by atoms with Crippen molar-refractivity contribution in [3.63, 3.8) is 0 Å². The number of ether oxygens (including phenoxy) is 1. The molecule has 0 amide bonds. The van der Waals surface area contributed by atoms with Crippen LogP contribution in [-0.2, 0) is 11.3 Å². The summed E-state index contributed by atoms with van der Waals surface area (Å²) in [7, 11) is 0. The largest absolute Gasteiger partial charge is 0.376 e. The van der Waals surface area contributed by atoms with Crippen molar-refractivity contribution in [1.29, 1.82) is 0 Å². The number of fused-ring (bicyclic) bond motifs is 1. The van der Waals surface area contributed by atoms with E-state index in [-0.39, 0.29) is 0 Å². The summed E-state index contributed by atoms with van der Waals surface area (Å²) >= 11 is 0. The lowest BCUT2D eigenvalue weighted by atomic mass is 10.1. The molecule has 0 bridgehead atoms. The molecular formula is C17H21N5O. The molecule has 6 heteroatoms. The fraction of sp³-hybridized carbons (Fsp3) is 0.412. The van der Waals surface area contributed by atoms with Gasteiger partial charge in [0, 0.05) is 49.4 Å². The fourth-order valence-corrected chi connectivity index (χ4v) is 3.01. The minimum Gasteiger partial charge on any atom is -0.376 e. The summed E-state index contributed by atoms with van der Waals surface area (Å²) in [4.78, 5) is 0. The Labute approximate surface area is 135 Å². The second kappa shape index (κ2) is 6.52. The molecule has 4 heterocycles. The Bertz CT molecular complexity index is 772. The summed E-state index contributed by atoms with van der Waals surface area (Å²) in [5.74, 6) is 0. The van der Waals surface area contributed by atoms with E-state index in [1.165, 1.54) is 0 Å². The minimum absolute atomic E-state index is 0.348. The first-order valence-electron chi connectivity index (χ1n) is 8.17. The lowest BCUT2D eigenvalue weighted by Gasteiger charge is -2.23. The molecule has 3 aromatic rings. The maximum Gasteiger partial charge on any atom is 0.0700 e. The van der Waals surface area contributed by atoms with Gasteiger partial charge in [0.25, 0.3) is 0 Å². The Morgan fingerprint density at radius 3 is 3.09 bits per heavy atom. The van der Waals surface area contributed by atoms with Crippen LogP contribution in [0.15, 0.2) is 43.0 Å². The zero-order valence-corrected chi connectivity index (χ0v) is 13.1. The average Bonchev–Trinajstić information content (AvgIpc) is 3.24. The lowest BCUT2D eigenvalue weighted by Crippen LogP contribution is -2.38. The highest BCUT2D eigenvalue weighted by Gasteiger charge is 2.12. The highest BCUT2D eigenvalue weighted by atomic mass is 16.5. The predicted molar refractivity (Wildman–Crippen MR) is 88.3 cm³/mol. The topological polar surface area (TPSA) is 56.4 Å². The molecule has 1 fully saturated rings. The molecule has 6 nitrogen and oxygen atoms in total. The Morgan fingerprint density at radius 2 is 2.17 bits per heavy atom. The number of morpholine rings is 1. The van der Waals surface area contributed by atoms with Crippen LogP contribution in [0.2, 0.25) is 0 Å². The Morgan fingerprint density at radius 1 is 1.17 bits per heavy atom. The van der Waals surface area contributed by atoms with Crippen LogP contribution in [0.25, 0.3) is 16.6 Å². The van der Waals surface area contributed by atoms with Gasteiger partial charge in [0.05, 0.1) is 24.4 Å². The molecule has 1 atom stereocenters. The number of aryl methyl sites for hydroxylation is 1. The molecule has 4 rings (SSSR count). The van der Waals surface area contributed by atoms with Crippen molar-refractivity contribution in [2.75, 3.05) is 19.7 Å². The van der Waals surface area contributed by atoms with Gasteiger partial charge in [-0.25, -0.2) is 4.52 Å². The maximum atomic E-state index is 5.72. The second-order valence-corrected chi connectivity index (χ2v) is 5.95. The summed E-state index contributed by atoms with van der Waals surface area (Å²) in [5, 5.41) is 12.1. The van der Waals surface area contributed by atoms with Gasteiger partial charge in [0.1, 0.15) is 0 Å². The zero-order valence-electron chi connectivity index (χ0n) is 13.1. The van der Waals surface area contributed by atoms with Gasteiger partial charge in [-0.3, -0.25) is 4.68 Å². The third-order valence-corrected chi connectivity index (χ3v) is 4.28. The maximum absolute atomic E-state index is 5.72. The SMILES string of the molecule is c1cc2ccc(-c3cnn(CCCC4CNCCO4)c3)cn2n1. The van der Waals surface area contributed by atoms with Crippen molar-refractivity contribution in [1.82, 2.24) is 24.7 Å². The van der Waals surface area contributed by atoms with Crippen molar-refractivity contribution in [3.05, 3.63) is 43.0 Å². The van der Waals surface area contributed by atoms with Crippen LogP contribution < -0.4 is 5.32 Å². The van der Waals surface area contributed by atoms with Crippen LogP contribution in [-0.4, -0.2) is 45.2 Å². The van der Waals surface area contributed by atoms with Crippen molar-refractivity contribution >= 4 is 5.52 Å². The molecule has 0 spiro atoms. The molecule has 1 saturated heterocycles. The van der Waals surface area contributed by atoms with Crippen LogP contribution in [0.4, 0.5) is 0 Å². The van der Waals surface area contributed by atoms with E-state index in [4.69, 9.17) is 4.74 Å². The highest BCUT2D eigenvalue weighted by molar-refractivity contribution is 5.63. The van der Waals surface area contributed by atoms with Crippen LogP contribution in [0, 0.1) is 0 Å². The van der Waals surface area contributed by atoms with E-state index in [0.29, 0.717) is 6.10 Å². The van der Waals surface area contributed by atoms with E-state index < -0.39 is 0 Å². The third kappa shape index (κ3) is 3.28. The molecule has 1 unspecified atom stereocenters. The van der Waals surface area contributed by atoms with E-state index in [9.17, 15) is 0 Å². The molecule has 0 aromatic carbocycles. The molecule has 3 aromatic heterocycles. The predicted octanol–water partition coefficient (Wildman–Crippen LogP) is 1.97. The molecule has 0 saturated carbocycles. The van der Waals surface area contributed by atoms with E-state index in [1.807, 2.05) is 33.9 Å². The average molecular weight is 311 g/mol. The quantitative estimate of drug-likeness (QED) is 0.783. The number of rotatable bonds is 5. The number of nitrogens with zero attached hydrogens (tertiary/aromatic N) is 4. The van der Waals surface area contributed by atoms with E-state index in [0.717, 1.165) is 55.7 Å². The van der Waals surface area contributed by atoms with E-state index in [2.05, 4.69) is 33.8 Å². The first kappa shape index (κ1) is 14.4. The molecule has 0 radical (unpaired) electrons. The van der Waals surface area contributed by atoms with Crippen LogP contribution in [0.5, 0.6) is 0 Å². The van der Waals surface area contributed by atoms with Crippen LogP contribution >= 0.6 is 0 Å². The van der Waals surface area contributed by atoms with Gasteiger partial charge < -0.3 is 10.1 Å². The summed E-state index contributed by atoms with van der Waals surface area (Å²) < 4.78 is 9.62. The van der Waals surface area contributed by atoms with E-state index in [1.54, 1.807) is 0 Å². The Kier molecular flexibility index (Phi) is 4.08. The van der Waals surface area contributed by atoms with Gasteiger partial charge in [-0.05, 0) is 25.0 Å². The van der Waals surface area contributed by atoms with Gasteiger partial charge in [0.15, 0.2) is 0 Å². The number of pyridine rings is 1. The van der Waals surface area contributed by atoms with Crippen molar-refractivity contribution < 1.29 is 4.74 Å². The van der Waals surface area contributed by atoms with Crippen LogP contribution in [0.3, 0.4) is 0 Å². The molecule has 120 valence electrons. The van der Waals surface area contributed by atoms with Gasteiger partial charge in [0.2, 0.25) is 0 Å². The fourth-order valence-electron chi connectivity index (χ4n) is 3.01. The smallest absolute Gasteiger partial charge is 0.0700 e. The van der Waals surface area contributed by atoms with Gasteiger partial charge in [-0.1, -0.05) is 6.07 Å². The number of nitrogens with one attached hydrogen (secondary N) is 1. The van der Waals surface area contributed by atoms with Crippen molar-refractivity contribution in [2.24, 2.45) is 0 Å². The molecular weight excluding hydrogens is 290 g/mol. The number of aromatic nitrogens is 4. The monoisotopic (exact) mass is 311 g/mol. The van der Waals surface area contributed by atoms with E-state index >= 15 is 0 Å². The molecule has 23 heavy (non-hydrogen) atoms. The Balaban J connectivity index is 1.38. The summed E-state index contributed by atoms with van der Waals surface area (Å²) in [6, 6.07) is 6.18. The lowest BCUT2D eigenvalue weighted by molar-refractivity contribution is 0.0216. The summed E-state index contributed by atoms with van der Waals surface area (Å²) in [6.07, 6.45) is 10.4. The first-order valence-corrected chi connectivity index (χ1v) is 8.17. The minimum atomic E-state index is 0.348. The number of hydrogen-bond acceptors (Lipinski definition) is 4. The molecule has 1 N–H and O–H groups in total. The zero-order chi connectivity index (χ0) is 15.5. The molecule has 0 aliphatic carbocycles. The van der Waals surface area contributed by atoms with Gasteiger partial charge >= 0.3 is 0 Å². The molecule has 1 aliphatic rings. The Hall–Kier alpha value is -2.18. The first-order chi connectivity index (χ1) is 11.4. The van der Waals surface area contributed by atoms with Crippen molar-refractivity contribution in [2.45, 2.75) is 25.5 Å². The van der Waals surface area contributed by atoms with Crippen molar-refractivity contribution in [3.8, 4) is 11.1 Å². The second-order valence-electron chi connectivity index (χ2n) is 5.95. The normalized spacial score (nSPS) is 18.5. The summed E-state index contributed by atoms with van der Waals surface area (Å²) in [5.41, 5.74) is 3.35. The molecule has 1 aliphatic heterocycles. The summed E-state index contributed by atoms with van der Waals surface area (Å²) in [6.45, 7) is 3.68. The third-order valence-electron chi connectivity index (χ3n) is 4.28. The highest BCUT2D eigenvalue weighted by Crippen LogP contribution is 2.19. The van der Waals surface area contributed by atoms with Gasteiger partial charge in [-0.15, -0.1) is 0 Å².